The van der Waals surface area contributed by atoms with Crippen LogP contribution in [0.4, 0.5) is 0 Å². The van der Waals surface area contributed by atoms with E-state index in [-0.39, 0.29) is 25.7 Å². The van der Waals surface area contributed by atoms with Crippen LogP contribution < -0.4 is 0 Å². The quantitative estimate of drug-likeness (QED) is 0.0222. The van der Waals surface area contributed by atoms with E-state index in [1.807, 2.05) is 0 Å². The molecule has 576 valence electrons. The van der Waals surface area contributed by atoms with E-state index in [9.17, 15) is 43.2 Å². The zero-order valence-corrected chi connectivity index (χ0v) is 65.2. The molecule has 0 aromatic carbocycles. The number of phosphoric acid groups is 2. The van der Waals surface area contributed by atoms with Crippen LogP contribution in [-0.4, -0.2) is 96.7 Å². The first-order valence-electron chi connectivity index (χ1n) is 40.5. The molecule has 0 saturated heterocycles. The molecule has 0 rings (SSSR count). The largest absolute Gasteiger partial charge is 0.472 e. The number of esters is 4. The van der Waals surface area contributed by atoms with Gasteiger partial charge in [0.25, 0.3) is 0 Å². The average molecular weight is 1420 g/mol. The van der Waals surface area contributed by atoms with E-state index in [0.717, 1.165) is 102 Å². The lowest BCUT2D eigenvalue weighted by atomic mass is 10.0. The molecule has 0 aromatic heterocycles. The van der Waals surface area contributed by atoms with Gasteiger partial charge in [0, 0.05) is 25.7 Å². The summed E-state index contributed by atoms with van der Waals surface area (Å²) in [4.78, 5) is 72.8. The lowest BCUT2D eigenvalue weighted by Crippen LogP contribution is -2.30. The predicted molar refractivity (Wildman–Crippen MR) is 395 cm³/mol. The monoisotopic (exact) mass is 1420 g/mol. The van der Waals surface area contributed by atoms with Crippen molar-refractivity contribution in [2.45, 2.75) is 426 Å². The highest BCUT2D eigenvalue weighted by Crippen LogP contribution is 2.45. The third kappa shape index (κ3) is 72.2. The number of unbranched alkanes of at least 4 members (excludes halogenated alkanes) is 47. The highest BCUT2D eigenvalue weighted by Gasteiger charge is 2.30. The fourth-order valence-corrected chi connectivity index (χ4v) is 13.6. The van der Waals surface area contributed by atoms with E-state index in [1.165, 1.54) is 225 Å². The topological polar surface area (TPSA) is 237 Å². The lowest BCUT2D eigenvalue weighted by molar-refractivity contribution is -0.161. The van der Waals surface area contributed by atoms with Crippen LogP contribution in [0.3, 0.4) is 0 Å². The smallest absolute Gasteiger partial charge is 0.462 e. The van der Waals surface area contributed by atoms with Crippen LogP contribution in [0.1, 0.15) is 408 Å². The SMILES string of the molecule is CCCCCCCCCCCCCCCCCCCCCC(=O)O[C@H](COC(=O)CCCCCCCCCCCCCCCCC(C)C)COP(=O)(O)OC[C@@H](O)COP(=O)(O)OC[C@@H](COC(=O)CCCCCCCCCCCC)OC(=O)CCCCCCCCCCC(C)C. The Morgan fingerprint density at radius 3 is 0.701 bits per heavy atom. The van der Waals surface area contributed by atoms with E-state index in [4.69, 9.17) is 37.0 Å². The third-order valence-corrected chi connectivity index (χ3v) is 20.1. The van der Waals surface area contributed by atoms with Crippen molar-refractivity contribution in [1.29, 1.82) is 0 Å². The standard InChI is InChI=1S/C78H152O17P2/c1-7-9-11-13-15-17-19-20-21-22-23-24-25-30-33-37-44-50-56-62-77(82)94-73(66-89-76(81)61-55-49-43-36-32-29-27-26-28-31-34-40-46-52-58-70(3)4)68-92-96(84,85)90-64-72(79)65-91-97(86,87)93-69-74(67-88-75(80)60-54-48-42-35-18-16-14-12-10-8-2)95-78(83)63-57-51-45-39-38-41-47-53-59-71(5)6/h70-74,79H,7-69H2,1-6H3,(H,84,85)(H,86,87)/t72-,73-,74-/m1/s1. The Labute approximate surface area is 594 Å². The fourth-order valence-electron chi connectivity index (χ4n) is 12.0. The van der Waals surface area contributed by atoms with Crippen molar-refractivity contribution in [3.63, 3.8) is 0 Å². The minimum atomic E-state index is -4.96. The molecule has 0 aliphatic heterocycles. The maximum Gasteiger partial charge on any atom is 0.472 e. The number of hydrogen-bond acceptors (Lipinski definition) is 15. The van der Waals surface area contributed by atoms with Crippen molar-refractivity contribution in [3.8, 4) is 0 Å². The number of hydrogen-bond donors (Lipinski definition) is 3. The summed E-state index contributed by atoms with van der Waals surface area (Å²) in [6.45, 7) is 9.59. The van der Waals surface area contributed by atoms with Gasteiger partial charge in [-0.05, 0) is 37.5 Å². The zero-order chi connectivity index (χ0) is 71.4. The maximum atomic E-state index is 13.1. The summed E-state index contributed by atoms with van der Waals surface area (Å²) < 4.78 is 68.6. The van der Waals surface area contributed by atoms with Gasteiger partial charge in [-0.25, -0.2) is 9.13 Å². The van der Waals surface area contributed by atoms with Crippen molar-refractivity contribution in [1.82, 2.24) is 0 Å². The van der Waals surface area contributed by atoms with Gasteiger partial charge in [0.2, 0.25) is 0 Å². The molecule has 0 aliphatic carbocycles. The molecule has 19 heteroatoms. The van der Waals surface area contributed by atoms with Gasteiger partial charge in [-0.1, -0.05) is 356 Å². The molecule has 17 nitrogen and oxygen atoms in total. The molecular formula is C78H152O17P2. The maximum absolute atomic E-state index is 13.1. The minimum Gasteiger partial charge on any atom is -0.462 e. The molecule has 0 saturated carbocycles. The van der Waals surface area contributed by atoms with Gasteiger partial charge in [0.1, 0.15) is 19.3 Å². The number of phosphoric ester groups is 2. The molecule has 0 fully saturated rings. The molecule has 0 spiro atoms. The molecule has 0 heterocycles. The highest BCUT2D eigenvalue weighted by atomic mass is 31.2. The van der Waals surface area contributed by atoms with Gasteiger partial charge in [-0.2, -0.15) is 0 Å². The first-order chi connectivity index (χ1) is 46.9. The molecule has 3 N–H and O–H groups in total. The van der Waals surface area contributed by atoms with E-state index in [1.54, 1.807) is 0 Å². The van der Waals surface area contributed by atoms with E-state index in [2.05, 4.69) is 41.5 Å². The first kappa shape index (κ1) is 95.1. The van der Waals surface area contributed by atoms with Crippen LogP contribution in [0.15, 0.2) is 0 Å². The van der Waals surface area contributed by atoms with Gasteiger partial charge in [-0.3, -0.25) is 37.3 Å². The van der Waals surface area contributed by atoms with Crippen molar-refractivity contribution in [3.05, 3.63) is 0 Å². The molecule has 0 bridgehead atoms. The summed E-state index contributed by atoms with van der Waals surface area (Å²) in [5.41, 5.74) is 0. The van der Waals surface area contributed by atoms with Crippen molar-refractivity contribution in [2.75, 3.05) is 39.6 Å². The van der Waals surface area contributed by atoms with Crippen LogP contribution >= 0.6 is 15.6 Å². The van der Waals surface area contributed by atoms with Gasteiger partial charge >= 0.3 is 39.5 Å². The Bertz CT molecular complexity index is 1870. The Balaban J connectivity index is 5.22. The third-order valence-electron chi connectivity index (χ3n) is 18.2. The van der Waals surface area contributed by atoms with Crippen molar-refractivity contribution >= 4 is 39.5 Å². The van der Waals surface area contributed by atoms with Gasteiger partial charge in [0.05, 0.1) is 26.4 Å². The number of rotatable bonds is 77. The van der Waals surface area contributed by atoms with E-state index < -0.39 is 97.5 Å². The number of carbonyl (C=O) groups is 4. The number of aliphatic hydroxyl groups is 1. The minimum absolute atomic E-state index is 0.105. The average Bonchev–Trinajstić information content (AvgIpc) is 2.05. The molecule has 0 aliphatic rings. The summed E-state index contributed by atoms with van der Waals surface area (Å²) in [7, 11) is -9.91. The number of aliphatic hydroxyl groups excluding tert-OH is 1. The van der Waals surface area contributed by atoms with Crippen LogP contribution in [0.25, 0.3) is 0 Å². The Kier molecular flexibility index (Phi) is 68.4. The molecule has 5 atom stereocenters. The normalized spacial score (nSPS) is 14.0. The lowest BCUT2D eigenvalue weighted by Gasteiger charge is -2.21. The van der Waals surface area contributed by atoms with E-state index in [0.29, 0.717) is 25.7 Å². The van der Waals surface area contributed by atoms with Gasteiger partial charge in [0.15, 0.2) is 12.2 Å². The second-order valence-corrected chi connectivity index (χ2v) is 32.0. The van der Waals surface area contributed by atoms with Crippen molar-refractivity contribution in [2.24, 2.45) is 11.8 Å². The second kappa shape index (κ2) is 69.8. The van der Waals surface area contributed by atoms with Crippen molar-refractivity contribution < 1.29 is 80.2 Å². The Morgan fingerprint density at radius 1 is 0.278 bits per heavy atom. The fraction of sp³-hybridized carbons (Fsp3) is 0.949. The van der Waals surface area contributed by atoms with Crippen LogP contribution in [-0.2, 0) is 65.4 Å². The van der Waals surface area contributed by atoms with Crippen LogP contribution in [0.5, 0.6) is 0 Å². The number of ether oxygens (including phenoxy) is 4. The van der Waals surface area contributed by atoms with Crippen LogP contribution in [0.2, 0.25) is 0 Å². The predicted octanol–water partition coefficient (Wildman–Crippen LogP) is 23.1. The van der Waals surface area contributed by atoms with Gasteiger partial charge < -0.3 is 33.8 Å². The first-order valence-corrected chi connectivity index (χ1v) is 43.5. The number of carbonyl (C=O) groups excluding carboxylic acids is 4. The molecule has 2 unspecified atom stereocenters. The summed E-state index contributed by atoms with van der Waals surface area (Å²) in [5, 5.41) is 10.6. The Hall–Kier alpha value is -1.94. The van der Waals surface area contributed by atoms with E-state index >= 15 is 0 Å². The van der Waals surface area contributed by atoms with Crippen LogP contribution in [0, 0.1) is 11.8 Å². The summed E-state index contributed by atoms with van der Waals surface area (Å²) in [5.74, 6) is -0.597. The molecule has 0 amide bonds. The summed E-state index contributed by atoms with van der Waals surface area (Å²) in [6, 6.07) is 0. The molecule has 97 heavy (non-hydrogen) atoms. The molecular weight excluding hydrogens is 1270 g/mol. The highest BCUT2D eigenvalue weighted by molar-refractivity contribution is 7.47. The molecule has 0 aromatic rings. The summed E-state index contributed by atoms with van der Waals surface area (Å²) in [6.07, 6.45) is 58.3. The summed E-state index contributed by atoms with van der Waals surface area (Å²) >= 11 is 0. The molecule has 0 radical (unpaired) electrons. The Morgan fingerprint density at radius 2 is 0.474 bits per heavy atom. The zero-order valence-electron chi connectivity index (χ0n) is 63.4. The second-order valence-electron chi connectivity index (χ2n) is 29.1. The van der Waals surface area contributed by atoms with Gasteiger partial charge in [-0.15, -0.1) is 0 Å².